The van der Waals surface area contributed by atoms with Crippen LogP contribution in [0.1, 0.15) is 12.0 Å². The van der Waals surface area contributed by atoms with Crippen molar-refractivity contribution >= 4 is 11.8 Å². The van der Waals surface area contributed by atoms with Gasteiger partial charge in [-0.25, -0.2) is 4.98 Å². The molecule has 0 aliphatic rings. The van der Waals surface area contributed by atoms with E-state index < -0.39 is 5.97 Å². The van der Waals surface area contributed by atoms with Gasteiger partial charge >= 0.3 is 5.97 Å². The number of nitrogens with one attached hydrogen (secondary N) is 1. The molecule has 20 heavy (non-hydrogen) atoms. The Labute approximate surface area is 116 Å². The van der Waals surface area contributed by atoms with Gasteiger partial charge in [0.15, 0.2) is 0 Å². The van der Waals surface area contributed by atoms with Crippen molar-refractivity contribution in [3.8, 4) is 17.2 Å². The van der Waals surface area contributed by atoms with Crippen molar-refractivity contribution < 1.29 is 9.90 Å². The second kappa shape index (κ2) is 6.34. The molecule has 2 rings (SSSR count). The number of nitriles is 1. The second-order valence-electron chi connectivity index (χ2n) is 4.17. The summed E-state index contributed by atoms with van der Waals surface area (Å²) in [5.41, 5.74) is 2.23. The zero-order valence-corrected chi connectivity index (χ0v) is 10.7. The van der Waals surface area contributed by atoms with Gasteiger partial charge < -0.3 is 10.4 Å². The lowest BCUT2D eigenvalue weighted by atomic mass is 10.1. The molecule has 0 aliphatic carbocycles. The second-order valence-corrected chi connectivity index (χ2v) is 4.17. The summed E-state index contributed by atoms with van der Waals surface area (Å²) in [4.78, 5) is 14.7. The Morgan fingerprint density at radius 1 is 1.30 bits per heavy atom. The maximum atomic E-state index is 10.5. The van der Waals surface area contributed by atoms with Crippen molar-refractivity contribution in [2.45, 2.75) is 6.42 Å². The van der Waals surface area contributed by atoms with Crippen LogP contribution in [-0.4, -0.2) is 22.6 Å². The first-order valence-corrected chi connectivity index (χ1v) is 6.12. The summed E-state index contributed by atoms with van der Waals surface area (Å²) >= 11 is 0. The van der Waals surface area contributed by atoms with Gasteiger partial charge in [-0.3, -0.25) is 4.79 Å². The van der Waals surface area contributed by atoms with Crippen molar-refractivity contribution in [1.29, 1.82) is 5.26 Å². The van der Waals surface area contributed by atoms with Crippen LogP contribution in [0.25, 0.3) is 11.1 Å². The van der Waals surface area contributed by atoms with Crippen LogP contribution in [0.4, 0.5) is 5.82 Å². The summed E-state index contributed by atoms with van der Waals surface area (Å²) in [6.45, 7) is 0.238. The molecule has 0 saturated carbocycles. The molecule has 2 aromatic rings. The highest BCUT2D eigenvalue weighted by Crippen LogP contribution is 2.22. The molecule has 0 amide bonds. The molecule has 0 radical (unpaired) electrons. The summed E-state index contributed by atoms with van der Waals surface area (Å²) in [5.74, 6) is -0.481. The third kappa shape index (κ3) is 3.33. The minimum atomic E-state index is -0.892. The first-order chi connectivity index (χ1) is 9.70. The van der Waals surface area contributed by atoms with Gasteiger partial charge in [0.25, 0.3) is 0 Å². The predicted molar refractivity (Wildman–Crippen MR) is 75.1 cm³/mol. The van der Waals surface area contributed by atoms with E-state index in [9.17, 15) is 4.79 Å². The number of carboxylic acids is 1. The van der Waals surface area contributed by atoms with E-state index >= 15 is 0 Å². The molecule has 100 valence electrons. The molecular formula is C15H13N3O2. The topological polar surface area (TPSA) is 86.0 Å². The minimum Gasteiger partial charge on any atom is -0.481 e. The van der Waals surface area contributed by atoms with Gasteiger partial charge in [0, 0.05) is 18.3 Å². The highest BCUT2D eigenvalue weighted by Gasteiger charge is 2.07. The van der Waals surface area contributed by atoms with Crippen LogP contribution >= 0.6 is 0 Å². The molecule has 0 bridgehead atoms. The molecule has 1 heterocycles. The van der Waals surface area contributed by atoms with Crippen molar-refractivity contribution in [1.82, 2.24) is 4.98 Å². The summed E-state index contributed by atoms with van der Waals surface area (Å²) in [5, 5.41) is 20.6. The van der Waals surface area contributed by atoms with E-state index in [4.69, 9.17) is 10.4 Å². The van der Waals surface area contributed by atoms with Crippen molar-refractivity contribution in [2.24, 2.45) is 0 Å². The summed E-state index contributed by atoms with van der Waals surface area (Å²) < 4.78 is 0. The molecule has 5 heteroatoms. The van der Waals surface area contributed by atoms with Crippen LogP contribution in [0.15, 0.2) is 42.6 Å². The molecule has 5 nitrogen and oxygen atoms in total. The van der Waals surface area contributed by atoms with Crippen LogP contribution in [0.5, 0.6) is 0 Å². The van der Waals surface area contributed by atoms with Crippen LogP contribution in [0, 0.1) is 11.3 Å². The highest BCUT2D eigenvalue weighted by atomic mass is 16.4. The van der Waals surface area contributed by atoms with E-state index in [-0.39, 0.29) is 13.0 Å². The van der Waals surface area contributed by atoms with Gasteiger partial charge in [-0.05, 0) is 11.6 Å². The Morgan fingerprint density at radius 2 is 2.05 bits per heavy atom. The van der Waals surface area contributed by atoms with Crippen molar-refractivity contribution in [3.05, 3.63) is 48.2 Å². The van der Waals surface area contributed by atoms with Gasteiger partial charge in [-0.2, -0.15) is 5.26 Å². The van der Waals surface area contributed by atoms with E-state index in [0.717, 1.165) is 11.1 Å². The van der Waals surface area contributed by atoms with Crippen LogP contribution < -0.4 is 5.32 Å². The third-order valence-electron chi connectivity index (χ3n) is 2.75. The van der Waals surface area contributed by atoms with E-state index in [2.05, 4.69) is 16.4 Å². The maximum Gasteiger partial charge on any atom is 0.305 e. The minimum absolute atomic E-state index is 0.0208. The number of carboxylic acid groups (broad SMARTS) is 1. The first-order valence-electron chi connectivity index (χ1n) is 6.12. The number of aromatic nitrogens is 1. The summed E-state index contributed by atoms with van der Waals surface area (Å²) in [6, 6.07) is 13.4. The Morgan fingerprint density at radius 3 is 2.70 bits per heavy atom. The number of aliphatic carboxylic acids is 1. The van der Waals surface area contributed by atoms with Gasteiger partial charge in [0.2, 0.25) is 0 Å². The highest BCUT2D eigenvalue weighted by molar-refractivity contribution is 5.69. The average molecular weight is 267 g/mol. The summed E-state index contributed by atoms with van der Waals surface area (Å²) in [6.07, 6.45) is 1.65. The Bertz CT molecular complexity index is 648. The van der Waals surface area contributed by atoms with Gasteiger partial charge in [0.1, 0.15) is 11.9 Å². The normalized spacial score (nSPS) is 9.75. The maximum absolute atomic E-state index is 10.5. The van der Waals surface area contributed by atoms with Crippen molar-refractivity contribution in [3.63, 3.8) is 0 Å². The molecule has 0 spiro atoms. The Balaban J connectivity index is 2.21. The predicted octanol–water partition coefficient (Wildman–Crippen LogP) is 2.51. The van der Waals surface area contributed by atoms with Gasteiger partial charge in [-0.15, -0.1) is 0 Å². The zero-order chi connectivity index (χ0) is 14.4. The average Bonchev–Trinajstić information content (AvgIpc) is 2.48. The van der Waals surface area contributed by atoms with E-state index in [1.54, 1.807) is 12.3 Å². The van der Waals surface area contributed by atoms with E-state index in [0.29, 0.717) is 11.4 Å². The number of hydrogen-bond donors (Lipinski definition) is 2. The lowest BCUT2D eigenvalue weighted by molar-refractivity contribution is -0.136. The lowest BCUT2D eigenvalue weighted by Gasteiger charge is -2.08. The smallest absolute Gasteiger partial charge is 0.305 e. The number of nitrogens with zero attached hydrogens (tertiary/aromatic N) is 2. The number of hydrogen-bond acceptors (Lipinski definition) is 4. The van der Waals surface area contributed by atoms with Crippen LogP contribution in [-0.2, 0) is 4.79 Å². The number of pyridine rings is 1. The molecule has 0 unspecified atom stereocenters. The van der Waals surface area contributed by atoms with Crippen LogP contribution in [0.2, 0.25) is 0 Å². The zero-order valence-electron chi connectivity index (χ0n) is 10.7. The molecule has 1 aromatic carbocycles. The lowest BCUT2D eigenvalue weighted by Crippen LogP contribution is -2.09. The Kier molecular flexibility index (Phi) is 4.30. The monoisotopic (exact) mass is 267 g/mol. The number of rotatable bonds is 5. The summed E-state index contributed by atoms with van der Waals surface area (Å²) in [7, 11) is 0. The first kappa shape index (κ1) is 13.6. The molecule has 0 atom stereocenters. The molecule has 0 fully saturated rings. The fourth-order valence-corrected chi connectivity index (χ4v) is 1.77. The largest absolute Gasteiger partial charge is 0.481 e. The van der Waals surface area contributed by atoms with Gasteiger partial charge in [-0.1, -0.05) is 30.3 Å². The molecule has 2 N–H and O–H groups in total. The quantitative estimate of drug-likeness (QED) is 0.869. The molecule has 0 saturated heterocycles. The Hall–Kier alpha value is -2.87. The number of carbonyl (C=O) groups is 1. The molecule has 1 aromatic heterocycles. The van der Waals surface area contributed by atoms with Crippen molar-refractivity contribution in [2.75, 3.05) is 11.9 Å². The third-order valence-corrected chi connectivity index (χ3v) is 2.75. The fraction of sp³-hybridized carbons (Fsp3) is 0.133. The number of benzene rings is 1. The standard InChI is InChI=1S/C15H13N3O2/c16-9-12-8-13(11-4-2-1-3-5-11)10-18-15(12)17-7-6-14(19)20/h1-5,8,10H,6-7H2,(H,17,18)(H,19,20). The SMILES string of the molecule is N#Cc1cc(-c2ccccc2)cnc1NCCC(=O)O. The van der Waals surface area contributed by atoms with E-state index in [1.165, 1.54) is 0 Å². The molecule has 0 aliphatic heterocycles. The van der Waals surface area contributed by atoms with Gasteiger partial charge in [0.05, 0.1) is 12.0 Å². The molecular weight excluding hydrogens is 254 g/mol. The fourth-order valence-electron chi connectivity index (χ4n) is 1.77. The van der Waals surface area contributed by atoms with E-state index in [1.807, 2.05) is 30.3 Å². The number of anilines is 1. The van der Waals surface area contributed by atoms with Crippen LogP contribution in [0.3, 0.4) is 0 Å².